The smallest absolute Gasteiger partial charge is 0.281 e. The predicted molar refractivity (Wildman–Crippen MR) is 113 cm³/mol. The highest BCUT2D eigenvalue weighted by Crippen LogP contribution is 2.42. The minimum atomic E-state index is -0.219. The quantitative estimate of drug-likeness (QED) is 0.669. The second kappa shape index (κ2) is 7.32. The zero-order chi connectivity index (χ0) is 20.0. The summed E-state index contributed by atoms with van der Waals surface area (Å²) >= 11 is 1.67. The third kappa shape index (κ3) is 3.31. The number of hydrogen-bond donors (Lipinski definition) is 2. The van der Waals surface area contributed by atoms with Gasteiger partial charge in [-0.25, -0.2) is 15.0 Å². The van der Waals surface area contributed by atoms with Crippen molar-refractivity contribution >= 4 is 43.4 Å². The molecule has 0 aromatic carbocycles. The lowest BCUT2D eigenvalue weighted by atomic mass is 9.90. The van der Waals surface area contributed by atoms with Crippen molar-refractivity contribution in [1.29, 1.82) is 0 Å². The number of morpholine rings is 1. The summed E-state index contributed by atoms with van der Waals surface area (Å²) in [6.07, 6.45) is 2.43. The van der Waals surface area contributed by atoms with E-state index >= 15 is 0 Å². The molecule has 2 aliphatic heterocycles. The van der Waals surface area contributed by atoms with Gasteiger partial charge < -0.3 is 19.9 Å². The van der Waals surface area contributed by atoms with Gasteiger partial charge in [0.15, 0.2) is 4.83 Å². The van der Waals surface area contributed by atoms with Crippen LogP contribution >= 0.6 is 11.3 Å². The van der Waals surface area contributed by atoms with Crippen LogP contribution in [0.25, 0.3) is 20.4 Å². The normalized spacial score (nSPS) is 18.9. The molecule has 3 aromatic heterocycles. The number of fused-ring (bicyclic) bond motifs is 5. The first-order chi connectivity index (χ1) is 14.1. The van der Waals surface area contributed by atoms with Crippen LogP contribution in [0.1, 0.15) is 25.0 Å². The predicted octanol–water partition coefficient (Wildman–Crippen LogP) is 1.75. The van der Waals surface area contributed by atoms with Gasteiger partial charge in [0, 0.05) is 13.0 Å². The molecule has 5 heterocycles. The van der Waals surface area contributed by atoms with Crippen LogP contribution in [-0.2, 0) is 22.5 Å². The molecule has 1 saturated heterocycles. The first-order valence-electron chi connectivity index (χ1n) is 10.0. The average molecular weight is 417 g/mol. The molecule has 2 aliphatic rings. The third-order valence-corrected chi connectivity index (χ3v) is 6.70. The van der Waals surface area contributed by atoms with Crippen LogP contribution in [0.3, 0.4) is 0 Å². The van der Waals surface area contributed by atoms with E-state index in [1.54, 1.807) is 17.7 Å². The van der Waals surface area contributed by atoms with Crippen LogP contribution in [0.15, 0.2) is 6.33 Å². The number of aromatic nitrogens is 3. The second-order valence-electron chi connectivity index (χ2n) is 8.11. The van der Waals surface area contributed by atoms with Gasteiger partial charge in [-0.2, -0.15) is 0 Å². The Morgan fingerprint density at radius 2 is 2.10 bits per heavy atom. The number of nitrogens with zero attached hydrogens (tertiary/aromatic N) is 3. The molecule has 9 heteroatoms. The zero-order valence-corrected chi connectivity index (χ0v) is 17.6. The van der Waals surface area contributed by atoms with Crippen molar-refractivity contribution in [3.63, 3.8) is 0 Å². The summed E-state index contributed by atoms with van der Waals surface area (Å²) in [5, 5.41) is 13.6. The van der Waals surface area contributed by atoms with Gasteiger partial charge in [0.2, 0.25) is 0 Å². The number of thiophene rings is 1. The van der Waals surface area contributed by atoms with E-state index in [1.165, 1.54) is 16.5 Å². The first-order valence-corrected chi connectivity index (χ1v) is 10.8. The van der Waals surface area contributed by atoms with Gasteiger partial charge in [0.05, 0.1) is 48.5 Å². The Balaban J connectivity index is 1.75. The van der Waals surface area contributed by atoms with Crippen molar-refractivity contribution < 1.29 is 19.6 Å². The number of hydrogen-bond acceptors (Lipinski definition) is 8. The number of aliphatic hydroxyl groups is 1. The fraction of sp³-hybridized carbons (Fsp3) is 0.550. The summed E-state index contributed by atoms with van der Waals surface area (Å²) in [5.41, 5.74) is 3.28. The van der Waals surface area contributed by atoms with E-state index in [2.05, 4.69) is 39.0 Å². The van der Waals surface area contributed by atoms with Crippen LogP contribution in [0.2, 0.25) is 0 Å². The van der Waals surface area contributed by atoms with Gasteiger partial charge in [0.1, 0.15) is 29.9 Å². The molecule has 0 saturated carbocycles. The molecule has 0 amide bonds. The summed E-state index contributed by atoms with van der Waals surface area (Å²) in [6, 6.07) is 0. The van der Waals surface area contributed by atoms with Gasteiger partial charge in [-0.15, -0.1) is 0 Å². The monoisotopic (exact) mass is 416 g/mol. The van der Waals surface area contributed by atoms with E-state index in [0.29, 0.717) is 13.2 Å². The Morgan fingerprint density at radius 3 is 2.90 bits per heavy atom. The van der Waals surface area contributed by atoms with Crippen LogP contribution in [0.5, 0.6) is 0 Å². The molecule has 29 heavy (non-hydrogen) atoms. The molecule has 3 N–H and O–H groups in total. The minimum absolute atomic E-state index is 0.0601. The summed E-state index contributed by atoms with van der Waals surface area (Å²) < 4.78 is 12.8. The number of ether oxygens (including phenoxy) is 2. The third-order valence-electron chi connectivity index (χ3n) is 5.60. The molecule has 0 radical (unpaired) electrons. The van der Waals surface area contributed by atoms with Gasteiger partial charge >= 0.3 is 0 Å². The van der Waals surface area contributed by atoms with E-state index in [0.717, 1.165) is 59.4 Å². The van der Waals surface area contributed by atoms with Gasteiger partial charge in [-0.05, 0) is 19.4 Å². The van der Waals surface area contributed by atoms with E-state index in [4.69, 9.17) is 9.47 Å². The summed E-state index contributed by atoms with van der Waals surface area (Å²) in [4.78, 5) is 16.2. The van der Waals surface area contributed by atoms with Crippen molar-refractivity contribution in [3.8, 4) is 0 Å². The Morgan fingerprint density at radius 1 is 1.28 bits per heavy atom. The lowest BCUT2D eigenvalue weighted by Gasteiger charge is -2.33. The maximum Gasteiger partial charge on any atom is 0.281 e. The number of pyridine rings is 1. The highest BCUT2D eigenvalue weighted by atomic mass is 32.1. The highest BCUT2D eigenvalue weighted by molar-refractivity contribution is 7.25. The van der Waals surface area contributed by atoms with Crippen LogP contribution in [0.4, 0.5) is 11.6 Å². The second-order valence-corrected chi connectivity index (χ2v) is 9.13. The van der Waals surface area contributed by atoms with E-state index < -0.39 is 0 Å². The minimum Gasteiger partial charge on any atom is -0.395 e. The molecule has 0 spiro atoms. The van der Waals surface area contributed by atoms with E-state index in [1.807, 2.05) is 0 Å². The van der Waals surface area contributed by atoms with Crippen molar-refractivity contribution in [2.24, 2.45) is 0 Å². The number of anilines is 2. The Labute approximate surface area is 172 Å². The molecule has 8 nitrogen and oxygen atoms in total. The lowest BCUT2D eigenvalue weighted by molar-refractivity contribution is -0.329. The Kier molecular flexibility index (Phi) is 4.78. The molecule has 154 valence electrons. The number of nitrogens with one attached hydrogen (secondary N) is 2. The van der Waals surface area contributed by atoms with Crippen molar-refractivity contribution in [3.05, 3.63) is 17.5 Å². The topological polar surface area (TPSA) is 93.9 Å². The molecule has 5 rings (SSSR count). The van der Waals surface area contributed by atoms with E-state index in [-0.39, 0.29) is 12.2 Å². The molecule has 0 bridgehead atoms. The molecule has 0 unspecified atom stereocenters. The zero-order valence-electron chi connectivity index (χ0n) is 16.7. The fourth-order valence-corrected chi connectivity index (χ4v) is 5.35. The Bertz CT molecular complexity index is 1060. The molecular formula is C20H26N5O3S+. The van der Waals surface area contributed by atoms with E-state index in [9.17, 15) is 5.11 Å². The number of H-pyrrole nitrogens is 1. The van der Waals surface area contributed by atoms with Gasteiger partial charge in [-0.3, -0.25) is 4.90 Å². The molecule has 0 atom stereocenters. The Hall–Kier alpha value is -2.07. The van der Waals surface area contributed by atoms with Crippen LogP contribution in [-0.4, -0.2) is 60.1 Å². The standard InChI is InChI=1S/C20H25N5O3S/c1-20(2)9-12-13(10-28-20)18(25-4-7-27-8-5-25)24-19-14(12)15-16(29-19)17(21-3-6-26)23-11-22-15/h11,26H,3-10H2,1-2H3,(H,21,22,23)/p+1. The summed E-state index contributed by atoms with van der Waals surface area (Å²) in [6.45, 7) is 8.60. The van der Waals surface area contributed by atoms with Crippen LogP contribution in [0, 0.1) is 0 Å². The first kappa shape index (κ1) is 18.9. The van der Waals surface area contributed by atoms with Gasteiger partial charge in [-0.1, -0.05) is 11.3 Å². The van der Waals surface area contributed by atoms with Crippen molar-refractivity contribution in [2.75, 3.05) is 49.7 Å². The number of aliphatic hydroxyl groups excluding tert-OH is 1. The number of aromatic amines is 1. The molecular weight excluding hydrogens is 390 g/mol. The highest BCUT2D eigenvalue weighted by Gasteiger charge is 2.36. The largest absolute Gasteiger partial charge is 0.395 e. The average Bonchev–Trinajstić information content (AvgIpc) is 3.11. The van der Waals surface area contributed by atoms with Crippen LogP contribution < -0.4 is 15.2 Å². The SMILES string of the molecule is CC1(C)Cc2c(c(N3CCOCC3)[nH+]c3sc4c(NCCO)ncnc4c23)CO1. The van der Waals surface area contributed by atoms with Crippen molar-refractivity contribution in [1.82, 2.24) is 9.97 Å². The summed E-state index contributed by atoms with van der Waals surface area (Å²) in [7, 11) is 0. The van der Waals surface area contributed by atoms with Crippen molar-refractivity contribution in [2.45, 2.75) is 32.5 Å². The maximum absolute atomic E-state index is 9.20. The molecule has 1 fully saturated rings. The maximum atomic E-state index is 9.20. The molecule has 0 aliphatic carbocycles. The van der Waals surface area contributed by atoms with Gasteiger partial charge in [0.25, 0.3) is 5.82 Å². The fourth-order valence-electron chi connectivity index (χ4n) is 4.21. The lowest BCUT2D eigenvalue weighted by Crippen LogP contribution is -2.42. The molecule has 3 aromatic rings. The number of rotatable bonds is 4. The summed E-state index contributed by atoms with van der Waals surface area (Å²) in [5.74, 6) is 1.90.